The lowest BCUT2D eigenvalue weighted by Gasteiger charge is -2.39. The number of likely N-dealkylation sites (tertiary alicyclic amines) is 1. The second-order valence-corrected chi connectivity index (χ2v) is 11.3. The maximum Gasteiger partial charge on any atom is 0.341 e. The number of nitrogens with zero attached hydrogens (tertiary/aromatic N) is 5. The fourth-order valence-electron chi connectivity index (χ4n) is 6.90. The van der Waals surface area contributed by atoms with E-state index in [2.05, 4.69) is 37.1 Å². The van der Waals surface area contributed by atoms with Crippen molar-refractivity contribution in [1.29, 1.82) is 0 Å². The molecule has 0 amide bonds. The average molecular weight is 574 g/mol. The molecule has 0 bridgehead atoms. The lowest BCUT2D eigenvalue weighted by Crippen LogP contribution is -2.47. The third-order valence-electron chi connectivity index (χ3n) is 9.04. The molecule has 12 heteroatoms. The highest BCUT2D eigenvalue weighted by molar-refractivity contribution is 6.18. The maximum absolute atomic E-state index is 15.7. The summed E-state index contributed by atoms with van der Waals surface area (Å²) in [5.74, 6) is -2.72. The Kier molecular flexibility index (Phi) is 5.94. The number of H-pyrrole nitrogens is 1. The van der Waals surface area contributed by atoms with Crippen LogP contribution in [0.1, 0.15) is 23.2 Å². The van der Waals surface area contributed by atoms with Gasteiger partial charge in [-0.1, -0.05) is 0 Å². The molecule has 6 heterocycles. The van der Waals surface area contributed by atoms with Gasteiger partial charge < -0.3 is 29.8 Å². The number of fused-ring (bicyclic) bond motifs is 5. The molecule has 4 aromatic heterocycles. The van der Waals surface area contributed by atoms with Gasteiger partial charge in [0.1, 0.15) is 16.9 Å². The molecule has 2 saturated heterocycles. The van der Waals surface area contributed by atoms with Crippen LogP contribution in [-0.2, 0) is 7.05 Å². The summed E-state index contributed by atoms with van der Waals surface area (Å²) in [5.41, 5.74) is 2.32. The first-order chi connectivity index (χ1) is 20.2. The van der Waals surface area contributed by atoms with Gasteiger partial charge in [-0.15, -0.1) is 0 Å². The third kappa shape index (κ3) is 3.78. The Bertz CT molecular complexity index is 2000. The van der Waals surface area contributed by atoms with E-state index < -0.39 is 23.0 Å². The van der Waals surface area contributed by atoms with E-state index in [4.69, 9.17) is 0 Å². The third-order valence-corrected chi connectivity index (χ3v) is 9.04. The monoisotopic (exact) mass is 573 g/mol. The largest absolute Gasteiger partial charge is 0.477 e. The molecule has 0 aliphatic carbocycles. The molecule has 0 saturated carbocycles. The van der Waals surface area contributed by atoms with E-state index in [0.717, 1.165) is 25.5 Å². The number of piperidine rings is 1. The van der Waals surface area contributed by atoms with E-state index >= 15 is 4.39 Å². The number of aromatic carboxylic acids is 1. The summed E-state index contributed by atoms with van der Waals surface area (Å²) in [6, 6.07) is 3.04. The van der Waals surface area contributed by atoms with Crippen molar-refractivity contribution in [1.82, 2.24) is 24.4 Å². The van der Waals surface area contributed by atoms with E-state index in [1.54, 1.807) is 32.6 Å². The fourth-order valence-corrected chi connectivity index (χ4v) is 6.90. The van der Waals surface area contributed by atoms with Gasteiger partial charge in [-0.3, -0.25) is 4.79 Å². The number of anilines is 2. The van der Waals surface area contributed by atoms with Crippen molar-refractivity contribution in [2.45, 2.75) is 18.9 Å². The van der Waals surface area contributed by atoms with E-state index in [-0.39, 0.29) is 16.3 Å². The molecule has 2 atom stereocenters. The number of hydrogen-bond donors (Lipinski definition) is 3. The summed E-state index contributed by atoms with van der Waals surface area (Å²) in [6.07, 6.45) is 6.57. The highest BCUT2D eigenvalue weighted by Crippen LogP contribution is 2.45. The summed E-state index contributed by atoms with van der Waals surface area (Å²) in [7, 11) is 5.38. The van der Waals surface area contributed by atoms with Crippen LogP contribution >= 0.6 is 0 Å². The first-order valence-electron chi connectivity index (χ1n) is 13.9. The number of likely N-dealkylation sites (N-methyl/N-ethyl adjacent to an activating group) is 1. The van der Waals surface area contributed by atoms with Gasteiger partial charge >= 0.3 is 5.97 Å². The van der Waals surface area contributed by atoms with Gasteiger partial charge in [-0.2, -0.15) is 0 Å². The molecule has 1 aromatic carbocycles. The molecule has 2 fully saturated rings. The number of pyridine rings is 3. The normalized spacial score (nSPS) is 19.2. The Balaban J connectivity index is 1.54. The number of aryl methyl sites for hydroxylation is 1. The van der Waals surface area contributed by atoms with Gasteiger partial charge in [0.05, 0.1) is 33.1 Å². The van der Waals surface area contributed by atoms with Gasteiger partial charge in [-0.25, -0.2) is 23.5 Å². The van der Waals surface area contributed by atoms with E-state index in [0.29, 0.717) is 69.7 Å². The van der Waals surface area contributed by atoms with Crippen molar-refractivity contribution >= 4 is 50.3 Å². The van der Waals surface area contributed by atoms with Crippen LogP contribution in [-0.4, -0.2) is 75.3 Å². The van der Waals surface area contributed by atoms with E-state index in [1.807, 2.05) is 0 Å². The number of carbonyl (C=O) groups is 1. The Morgan fingerprint density at radius 3 is 2.67 bits per heavy atom. The smallest absolute Gasteiger partial charge is 0.341 e. The van der Waals surface area contributed by atoms with Crippen molar-refractivity contribution in [2.24, 2.45) is 13.0 Å². The maximum atomic E-state index is 15.7. The summed E-state index contributed by atoms with van der Waals surface area (Å²) < 4.78 is 32.1. The predicted molar refractivity (Wildman–Crippen MR) is 157 cm³/mol. The second kappa shape index (κ2) is 9.48. The lowest BCUT2D eigenvalue weighted by atomic mass is 9.90. The van der Waals surface area contributed by atoms with Gasteiger partial charge in [0, 0.05) is 69.0 Å². The van der Waals surface area contributed by atoms with Crippen molar-refractivity contribution in [3.05, 3.63) is 58.1 Å². The number of halogens is 2. The number of aromatic nitrogens is 4. The van der Waals surface area contributed by atoms with Crippen molar-refractivity contribution in [3.63, 3.8) is 0 Å². The molecular formula is C30H29F2N7O3. The number of aromatic amines is 1. The number of rotatable bonds is 4. The standard InChI is InChI=1S/C30H29F2N7O3/c1-33-20-9-19(31)24(32)22-23-26(39-7-5-14-4-6-37(2)21(14)13-39)17(11-34-28(23)36-25(20)22)15-8-16-27(40)18(30(41)42)12-38(3)29(16)35-10-15/h8-12,14,21,33H,4-7,13H2,1-3H3,(H,34,36)(H,41,42)/t14-,21+/m0/s1. The van der Waals surface area contributed by atoms with Crippen molar-refractivity contribution in [3.8, 4) is 11.1 Å². The van der Waals surface area contributed by atoms with Crippen LogP contribution in [0.2, 0.25) is 0 Å². The van der Waals surface area contributed by atoms with E-state index in [1.165, 1.54) is 10.8 Å². The van der Waals surface area contributed by atoms with Crippen LogP contribution in [0.3, 0.4) is 0 Å². The number of benzene rings is 1. The molecule has 0 radical (unpaired) electrons. The Morgan fingerprint density at radius 1 is 1.12 bits per heavy atom. The minimum Gasteiger partial charge on any atom is -0.477 e. The SMILES string of the molecule is CNc1cc(F)c(F)c2c1[nH]c1ncc(-c3cnc4c(c3)c(=O)c(C(=O)O)cn4C)c(N3CC[C@@H]4CCN(C)[C@@H]4C3)c12. The molecule has 10 nitrogen and oxygen atoms in total. The molecule has 2 aliphatic rings. The van der Waals surface area contributed by atoms with Crippen LogP contribution in [0.4, 0.5) is 20.2 Å². The molecule has 42 heavy (non-hydrogen) atoms. The summed E-state index contributed by atoms with van der Waals surface area (Å²) in [4.78, 5) is 41.9. The van der Waals surface area contributed by atoms with Gasteiger partial charge in [0.2, 0.25) is 5.43 Å². The second-order valence-electron chi connectivity index (χ2n) is 11.3. The molecule has 7 rings (SSSR count). The van der Waals surface area contributed by atoms with Crippen LogP contribution in [0.15, 0.2) is 35.5 Å². The summed E-state index contributed by atoms with van der Waals surface area (Å²) >= 11 is 0. The highest BCUT2D eigenvalue weighted by atomic mass is 19.2. The Hall–Kier alpha value is -4.58. The minimum absolute atomic E-state index is 0.0958. The lowest BCUT2D eigenvalue weighted by molar-refractivity contribution is 0.0695. The fraction of sp³-hybridized carbons (Fsp3) is 0.333. The molecule has 5 aromatic rings. The van der Waals surface area contributed by atoms with Crippen molar-refractivity contribution in [2.75, 3.05) is 43.9 Å². The molecule has 216 valence electrons. The van der Waals surface area contributed by atoms with Crippen LogP contribution in [0.5, 0.6) is 0 Å². The molecule has 0 unspecified atom stereocenters. The topological polar surface area (TPSA) is 119 Å². The quantitative estimate of drug-likeness (QED) is 0.293. The van der Waals surface area contributed by atoms with Crippen LogP contribution < -0.4 is 15.6 Å². The zero-order valence-electron chi connectivity index (χ0n) is 23.3. The number of nitrogens with one attached hydrogen (secondary N) is 2. The van der Waals surface area contributed by atoms with Crippen LogP contribution in [0.25, 0.3) is 44.1 Å². The first kappa shape index (κ1) is 26.3. The molecular weight excluding hydrogens is 544 g/mol. The number of hydrogen-bond acceptors (Lipinski definition) is 7. The van der Waals surface area contributed by atoms with Crippen molar-refractivity contribution < 1.29 is 18.7 Å². The number of carboxylic acids is 1. The van der Waals surface area contributed by atoms with Gasteiger partial charge in [0.25, 0.3) is 0 Å². The zero-order chi connectivity index (χ0) is 29.4. The molecule has 0 spiro atoms. The summed E-state index contributed by atoms with van der Waals surface area (Å²) in [5, 5.41) is 13.2. The predicted octanol–water partition coefficient (Wildman–Crippen LogP) is 4.18. The zero-order valence-corrected chi connectivity index (χ0v) is 23.3. The Labute approximate surface area is 238 Å². The minimum atomic E-state index is -1.33. The van der Waals surface area contributed by atoms with Crippen LogP contribution in [0, 0.1) is 17.6 Å². The summed E-state index contributed by atoms with van der Waals surface area (Å²) in [6.45, 7) is 2.39. The molecule has 3 N–H and O–H groups in total. The number of carboxylic acid groups (broad SMARTS) is 1. The van der Waals surface area contributed by atoms with Gasteiger partial charge in [0.15, 0.2) is 11.6 Å². The highest BCUT2D eigenvalue weighted by Gasteiger charge is 2.38. The molecule has 2 aliphatic heterocycles. The van der Waals surface area contributed by atoms with E-state index in [9.17, 15) is 19.1 Å². The first-order valence-corrected chi connectivity index (χ1v) is 13.9. The van der Waals surface area contributed by atoms with Gasteiger partial charge in [-0.05, 0) is 38.4 Å². The Morgan fingerprint density at radius 2 is 1.90 bits per heavy atom. The average Bonchev–Trinajstić information content (AvgIpc) is 3.56.